The van der Waals surface area contributed by atoms with Gasteiger partial charge in [-0.2, -0.15) is 0 Å². The van der Waals surface area contributed by atoms with Gasteiger partial charge in [0.25, 0.3) is 5.91 Å². The second-order valence-corrected chi connectivity index (χ2v) is 9.19. The van der Waals surface area contributed by atoms with Gasteiger partial charge in [0.15, 0.2) is 9.84 Å². The van der Waals surface area contributed by atoms with Crippen molar-refractivity contribution in [2.24, 2.45) is 0 Å². The number of nitrogens with zero attached hydrogens (tertiary/aromatic N) is 1. The first-order valence-corrected chi connectivity index (χ1v) is 11.1. The highest BCUT2D eigenvalue weighted by Crippen LogP contribution is 2.18. The van der Waals surface area contributed by atoms with Gasteiger partial charge in [0.05, 0.1) is 28.3 Å². The van der Waals surface area contributed by atoms with Crippen LogP contribution in [0, 0.1) is 13.8 Å². The third-order valence-electron chi connectivity index (χ3n) is 4.56. The van der Waals surface area contributed by atoms with Crippen molar-refractivity contribution in [1.82, 2.24) is 10.3 Å². The molecule has 0 atom stereocenters. The molecule has 1 heterocycles. The van der Waals surface area contributed by atoms with Crippen molar-refractivity contribution in [1.29, 1.82) is 0 Å². The summed E-state index contributed by atoms with van der Waals surface area (Å²) in [6, 6.07) is 16.9. The lowest BCUT2D eigenvalue weighted by Crippen LogP contribution is -2.27. The average molecular weight is 397 g/mol. The Hall–Kier alpha value is -2.73. The van der Waals surface area contributed by atoms with Crippen LogP contribution >= 0.6 is 0 Å². The first-order valence-electron chi connectivity index (χ1n) is 9.25. The summed E-state index contributed by atoms with van der Waals surface area (Å²) in [6.45, 7) is 4.11. The third kappa shape index (κ3) is 5.16. The number of sulfone groups is 1. The van der Waals surface area contributed by atoms with Crippen molar-refractivity contribution in [3.05, 3.63) is 77.0 Å². The largest absolute Gasteiger partial charge is 0.352 e. The molecule has 2 aromatic carbocycles. The molecule has 0 fully saturated rings. The number of aromatic nitrogens is 1. The lowest BCUT2D eigenvalue weighted by atomic mass is 10.1. The number of amides is 1. The smallest absolute Gasteiger partial charge is 0.253 e. The maximum Gasteiger partial charge on any atom is 0.253 e. The van der Waals surface area contributed by atoms with E-state index in [0.717, 1.165) is 22.0 Å². The predicted molar refractivity (Wildman–Crippen MR) is 112 cm³/mol. The van der Waals surface area contributed by atoms with E-state index >= 15 is 0 Å². The van der Waals surface area contributed by atoms with Crippen LogP contribution in [0.25, 0.3) is 10.9 Å². The summed E-state index contributed by atoms with van der Waals surface area (Å²) in [4.78, 5) is 17.0. The first kappa shape index (κ1) is 20.0. The maximum atomic E-state index is 12.5. The van der Waals surface area contributed by atoms with Gasteiger partial charge in [-0.25, -0.2) is 8.42 Å². The van der Waals surface area contributed by atoms with Crippen molar-refractivity contribution in [2.75, 3.05) is 12.3 Å². The lowest BCUT2D eigenvalue weighted by molar-refractivity contribution is 0.0953. The van der Waals surface area contributed by atoms with Crippen LogP contribution in [0.15, 0.2) is 54.6 Å². The zero-order valence-corrected chi connectivity index (χ0v) is 16.9. The molecule has 28 heavy (non-hydrogen) atoms. The van der Waals surface area contributed by atoms with Gasteiger partial charge in [0.2, 0.25) is 0 Å². The van der Waals surface area contributed by atoms with Crippen LogP contribution in [0.5, 0.6) is 0 Å². The van der Waals surface area contributed by atoms with Crippen LogP contribution in [-0.2, 0) is 15.6 Å². The zero-order valence-electron chi connectivity index (χ0n) is 16.1. The molecular weight excluding hydrogens is 372 g/mol. The average Bonchev–Trinajstić information content (AvgIpc) is 2.65. The highest BCUT2D eigenvalue weighted by molar-refractivity contribution is 7.90. The van der Waals surface area contributed by atoms with Crippen LogP contribution in [0.3, 0.4) is 0 Å². The summed E-state index contributed by atoms with van der Waals surface area (Å²) in [5.74, 6) is -0.168. The number of fused-ring (bicyclic) bond motifs is 1. The first-order chi connectivity index (χ1) is 13.3. The van der Waals surface area contributed by atoms with Gasteiger partial charge in [0, 0.05) is 11.9 Å². The SMILES string of the molecule is Cc1ccc2cc(C(=O)NCCCS(=O)(=O)Cc3ccccc3)c(C)nc2c1. The number of rotatable bonds is 7. The Morgan fingerprint density at radius 3 is 2.54 bits per heavy atom. The van der Waals surface area contributed by atoms with Gasteiger partial charge in [0.1, 0.15) is 0 Å². The Morgan fingerprint density at radius 1 is 1.04 bits per heavy atom. The molecule has 0 aliphatic carbocycles. The third-order valence-corrected chi connectivity index (χ3v) is 6.24. The molecule has 3 rings (SSSR count). The number of pyridine rings is 1. The molecule has 1 aromatic heterocycles. The fraction of sp³-hybridized carbons (Fsp3) is 0.273. The van der Waals surface area contributed by atoms with E-state index in [1.807, 2.05) is 49.4 Å². The van der Waals surface area contributed by atoms with E-state index in [1.165, 1.54) is 0 Å². The fourth-order valence-corrected chi connectivity index (χ4v) is 4.52. The monoisotopic (exact) mass is 396 g/mol. The number of benzene rings is 2. The summed E-state index contributed by atoms with van der Waals surface area (Å²) >= 11 is 0. The van der Waals surface area contributed by atoms with Gasteiger partial charge >= 0.3 is 0 Å². The van der Waals surface area contributed by atoms with Crippen molar-refractivity contribution < 1.29 is 13.2 Å². The van der Waals surface area contributed by atoms with Gasteiger partial charge < -0.3 is 5.32 Å². The Morgan fingerprint density at radius 2 is 1.79 bits per heavy atom. The molecule has 0 aliphatic rings. The Labute approximate surface area is 165 Å². The molecule has 146 valence electrons. The molecule has 0 spiro atoms. The minimum absolute atomic E-state index is 0.0227. The number of hydrogen-bond acceptors (Lipinski definition) is 4. The second-order valence-electron chi connectivity index (χ2n) is 7.00. The van der Waals surface area contributed by atoms with Crippen molar-refractivity contribution in [3.8, 4) is 0 Å². The van der Waals surface area contributed by atoms with Gasteiger partial charge in [-0.3, -0.25) is 9.78 Å². The minimum atomic E-state index is -3.20. The molecule has 0 saturated carbocycles. The molecule has 5 nitrogen and oxygen atoms in total. The molecule has 0 bridgehead atoms. The van der Waals surface area contributed by atoms with Gasteiger partial charge in [-0.05, 0) is 43.5 Å². The van der Waals surface area contributed by atoms with Crippen LogP contribution < -0.4 is 5.32 Å². The van der Waals surface area contributed by atoms with E-state index in [0.29, 0.717) is 24.2 Å². The summed E-state index contributed by atoms with van der Waals surface area (Å²) in [5.41, 5.74) is 3.93. The maximum absolute atomic E-state index is 12.5. The van der Waals surface area contributed by atoms with E-state index in [4.69, 9.17) is 0 Å². The molecule has 0 saturated heterocycles. The molecule has 0 aliphatic heterocycles. The number of aryl methyl sites for hydroxylation is 2. The van der Waals surface area contributed by atoms with E-state index in [9.17, 15) is 13.2 Å². The van der Waals surface area contributed by atoms with Crippen molar-refractivity contribution >= 4 is 26.6 Å². The lowest BCUT2D eigenvalue weighted by Gasteiger charge is -2.10. The Bertz CT molecular complexity index is 1090. The Kier molecular flexibility index (Phi) is 6.09. The fourth-order valence-electron chi connectivity index (χ4n) is 3.09. The quantitative estimate of drug-likeness (QED) is 0.619. The number of carbonyl (C=O) groups excluding carboxylic acids is 1. The minimum Gasteiger partial charge on any atom is -0.352 e. The molecule has 1 amide bonds. The van der Waals surface area contributed by atoms with Crippen LogP contribution in [0.2, 0.25) is 0 Å². The number of nitrogens with one attached hydrogen (secondary N) is 1. The van der Waals surface area contributed by atoms with Crippen LogP contribution in [0.4, 0.5) is 0 Å². The van der Waals surface area contributed by atoms with E-state index in [1.54, 1.807) is 19.1 Å². The molecule has 3 aromatic rings. The number of hydrogen-bond donors (Lipinski definition) is 1. The molecular formula is C22H24N2O3S. The Balaban J connectivity index is 1.56. The molecule has 0 radical (unpaired) electrons. The normalized spacial score (nSPS) is 11.5. The number of carbonyl (C=O) groups is 1. The summed E-state index contributed by atoms with van der Waals surface area (Å²) in [6.07, 6.45) is 0.375. The summed E-state index contributed by atoms with van der Waals surface area (Å²) in [5, 5.41) is 3.72. The summed E-state index contributed by atoms with van der Waals surface area (Å²) < 4.78 is 24.4. The molecule has 6 heteroatoms. The van der Waals surface area contributed by atoms with Gasteiger partial charge in [-0.15, -0.1) is 0 Å². The van der Waals surface area contributed by atoms with Crippen molar-refractivity contribution in [3.63, 3.8) is 0 Å². The van der Waals surface area contributed by atoms with Crippen LogP contribution in [0.1, 0.15) is 33.6 Å². The zero-order chi connectivity index (χ0) is 20.1. The van der Waals surface area contributed by atoms with E-state index in [2.05, 4.69) is 10.3 Å². The predicted octanol–water partition coefficient (Wildman–Crippen LogP) is 3.59. The summed E-state index contributed by atoms with van der Waals surface area (Å²) in [7, 11) is -3.20. The standard InChI is InChI=1S/C22H24N2O3S/c1-16-9-10-19-14-20(17(2)24-21(19)13-16)22(25)23-11-6-12-28(26,27)15-18-7-4-3-5-8-18/h3-5,7-10,13-14H,6,11-12,15H2,1-2H3,(H,23,25). The second kappa shape index (κ2) is 8.52. The topological polar surface area (TPSA) is 76.1 Å². The molecule has 0 unspecified atom stereocenters. The molecule has 1 N–H and O–H groups in total. The van der Waals surface area contributed by atoms with Gasteiger partial charge in [-0.1, -0.05) is 42.5 Å². The van der Waals surface area contributed by atoms with Crippen LogP contribution in [-0.4, -0.2) is 31.6 Å². The van der Waals surface area contributed by atoms with Crippen molar-refractivity contribution in [2.45, 2.75) is 26.0 Å². The highest BCUT2D eigenvalue weighted by Gasteiger charge is 2.14. The van der Waals surface area contributed by atoms with E-state index < -0.39 is 9.84 Å². The van der Waals surface area contributed by atoms with E-state index in [-0.39, 0.29) is 17.4 Å². The highest BCUT2D eigenvalue weighted by atomic mass is 32.2.